The van der Waals surface area contributed by atoms with Crippen molar-refractivity contribution < 1.29 is 27.6 Å². The Labute approximate surface area is 146 Å². The fourth-order valence-electron chi connectivity index (χ4n) is 3.36. The first-order chi connectivity index (χ1) is 12.1. The predicted molar refractivity (Wildman–Crippen MR) is 81.8 cm³/mol. The summed E-state index contributed by atoms with van der Waals surface area (Å²) < 4.78 is 40.0. The van der Waals surface area contributed by atoms with Crippen LogP contribution in [-0.2, 0) is 29.2 Å². The van der Waals surface area contributed by atoms with Gasteiger partial charge < -0.3 is 9.80 Å². The van der Waals surface area contributed by atoms with Gasteiger partial charge in [-0.3, -0.25) is 19.6 Å². The molecule has 0 atom stereocenters. The van der Waals surface area contributed by atoms with Crippen molar-refractivity contribution in [2.75, 3.05) is 19.6 Å². The van der Waals surface area contributed by atoms with E-state index in [0.717, 1.165) is 4.68 Å². The zero-order valence-electron chi connectivity index (χ0n) is 14.0. The number of alkyl halides is 3. The van der Waals surface area contributed by atoms with Crippen molar-refractivity contribution in [3.05, 3.63) is 17.5 Å². The van der Waals surface area contributed by atoms with Crippen LogP contribution in [0.25, 0.3) is 0 Å². The van der Waals surface area contributed by atoms with Crippen LogP contribution < -0.4 is 5.32 Å². The number of amides is 4. The van der Waals surface area contributed by atoms with Crippen LogP contribution in [0.2, 0.25) is 0 Å². The number of piperidine rings is 1. The van der Waals surface area contributed by atoms with Gasteiger partial charge in [-0.25, -0.2) is 4.79 Å². The Hall–Kier alpha value is -2.59. The minimum absolute atomic E-state index is 0.00206. The SMILES string of the molecule is Cn1cc(CC(=O)N2CCC(N3CC(=O)NC3=O)CC2)c(C(F)(F)F)n1. The quantitative estimate of drug-likeness (QED) is 0.783. The highest BCUT2D eigenvalue weighted by atomic mass is 19.4. The van der Waals surface area contributed by atoms with Crippen molar-refractivity contribution in [2.24, 2.45) is 7.05 Å². The molecule has 0 bridgehead atoms. The van der Waals surface area contributed by atoms with Gasteiger partial charge in [-0.15, -0.1) is 0 Å². The highest BCUT2D eigenvalue weighted by molar-refractivity contribution is 6.02. The zero-order chi connectivity index (χ0) is 19.1. The average molecular weight is 373 g/mol. The highest BCUT2D eigenvalue weighted by Gasteiger charge is 2.38. The van der Waals surface area contributed by atoms with Crippen LogP contribution in [0.4, 0.5) is 18.0 Å². The second kappa shape index (κ2) is 6.61. The molecule has 0 spiro atoms. The molecule has 0 aliphatic carbocycles. The second-order valence-electron chi connectivity index (χ2n) is 6.44. The summed E-state index contributed by atoms with van der Waals surface area (Å²) in [4.78, 5) is 38.2. The summed E-state index contributed by atoms with van der Waals surface area (Å²) in [5.41, 5.74) is -1.20. The molecule has 142 valence electrons. The van der Waals surface area contributed by atoms with Crippen molar-refractivity contribution >= 4 is 17.8 Å². The van der Waals surface area contributed by atoms with E-state index in [-0.39, 0.29) is 30.5 Å². The third-order valence-electron chi connectivity index (χ3n) is 4.59. The van der Waals surface area contributed by atoms with E-state index in [2.05, 4.69) is 10.4 Å². The smallest absolute Gasteiger partial charge is 0.342 e. The molecular formula is C15H18F3N5O3. The molecule has 2 aliphatic heterocycles. The maximum absolute atomic E-state index is 13.0. The first-order valence-electron chi connectivity index (χ1n) is 8.13. The second-order valence-corrected chi connectivity index (χ2v) is 6.44. The predicted octanol–water partition coefficient (Wildman–Crippen LogP) is 0.524. The minimum Gasteiger partial charge on any atom is -0.342 e. The van der Waals surface area contributed by atoms with Gasteiger partial charge in [-0.2, -0.15) is 18.3 Å². The van der Waals surface area contributed by atoms with E-state index in [1.54, 1.807) is 0 Å². The van der Waals surface area contributed by atoms with E-state index in [9.17, 15) is 27.6 Å². The molecular weight excluding hydrogens is 355 g/mol. The molecule has 8 nitrogen and oxygen atoms in total. The number of imide groups is 1. The van der Waals surface area contributed by atoms with E-state index >= 15 is 0 Å². The van der Waals surface area contributed by atoms with Gasteiger partial charge in [-0.05, 0) is 12.8 Å². The average Bonchev–Trinajstić information content (AvgIpc) is 3.09. The number of hydrogen-bond acceptors (Lipinski definition) is 4. The summed E-state index contributed by atoms with van der Waals surface area (Å²) in [6.45, 7) is 0.647. The normalized spacial score (nSPS) is 19.2. The van der Waals surface area contributed by atoms with Gasteiger partial charge in [0.1, 0.15) is 6.54 Å². The highest BCUT2D eigenvalue weighted by Crippen LogP contribution is 2.31. The molecule has 0 radical (unpaired) electrons. The maximum atomic E-state index is 13.0. The number of rotatable bonds is 3. The molecule has 26 heavy (non-hydrogen) atoms. The van der Waals surface area contributed by atoms with Gasteiger partial charge in [-0.1, -0.05) is 0 Å². The Bertz CT molecular complexity index is 737. The molecule has 0 saturated carbocycles. The number of carbonyl (C=O) groups excluding carboxylic acids is 3. The number of nitrogens with zero attached hydrogens (tertiary/aromatic N) is 4. The number of likely N-dealkylation sites (tertiary alicyclic amines) is 1. The first-order valence-corrected chi connectivity index (χ1v) is 8.13. The number of hydrogen-bond donors (Lipinski definition) is 1. The summed E-state index contributed by atoms with van der Waals surface area (Å²) in [5, 5.41) is 5.60. The standard InChI is InChI=1S/C15H18F3N5O3/c1-21-7-9(13(20-21)15(16,17)18)6-12(25)22-4-2-10(3-5-22)23-8-11(24)19-14(23)26/h7,10H,2-6,8H2,1H3,(H,19,24,26). The van der Waals surface area contributed by atoms with Crippen molar-refractivity contribution in [3.63, 3.8) is 0 Å². The molecule has 0 aromatic carbocycles. The summed E-state index contributed by atoms with van der Waals surface area (Å²) in [6, 6.07) is -0.598. The molecule has 3 rings (SSSR count). The minimum atomic E-state index is -4.61. The van der Waals surface area contributed by atoms with E-state index in [1.807, 2.05) is 0 Å². The topological polar surface area (TPSA) is 87.5 Å². The van der Waals surface area contributed by atoms with E-state index in [0.29, 0.717) is 25.9 Å². The number of nitrogens with one attached hydrogen (secondary N) is 1. The van der Waals surface area contributed by atoms with Gasteiger partial charge in [0.15, 0.2) is 5.69 Å². The number of urea groups is 1. The van der Waals surface area contributed by atoms with Crippen molar-refractivity contribution in [2.45, 2.75) is 31.5 Å². The Morgan fingerprint density at radius 3 is 2.50 bits per heavy atom. The van der Waals surface area contributed by atoms with E-state index in [1.165, 1.54) is 23.0 Å². The lowest BCUT2D eigenvalue weighted by molar-refractivity contribution is -0.142. The lowest BCUT2D eigenvalue weighted by Gasteiger charge is -2.35. The monoisotopic (exact) mass is 373 g/mol. The van der Waals surface area contributed by atoms with Crippen molar-refractivity contribution in [1.29, 1.82) is 0 Å². The summed E-state index contributed by atoms with van der Waals surface area (Å²) in [7, 11) is 1.37. The van der Waals surface area contributed by atoms with Crippen LogP contribution in [0.3, 0.4) is 0 Å². The fourth-order valence-corrected chi connectivity index (χ4v) is 3.36. The van der Waals surface area contributed by atoms with Crippen LogP contribution in [0.15, 0.2) is 6.20 Å². The van der Waals surface area contributed by atoms with Gasteiger partial charge >= 0.3 is 12.2 Å². The number of halogens is 3. The van der Waals surface area contributed by atoms with Gasteiger partial charge in [0.05, 0.1) is 6.42 Å². The molecule has 2 saturated heterocycles. The van der Waals surface area contributed by atoms with Crippen LogP contribution >= 0.6 is 0 Å². The Morgan fingerprint density at radius 2 is 1.96 bits per heavy atom. The van der Waals surface area contributed by atoms with Crippen LogP contribution in [0.5, 0.6) is 0 Å². The third-order valence-corrected chi connectivity index (χ3v) is 4.59. The van der Waals surface area contributed by atoms with Gasteiger partial charge in [0, 0.05) is 37.9 Å². The molecule has 4 amide bonds. The number of aromatic nitrogens is 2. The molecule has 2 fully saturated rings. The summed E-state index contributed by atoms with van der Waals surface area (Å²) in [5.74, 6) is -0.770. The van der Waals surface area contributed by atoms with Crippen molar-refractivity contribution in [1.82, 2.24) is 24.9 Å². The molecule has 2 aliphatic rings. The lowest BCUT2D eigenvalue weighted by atomic mass is 10.0. The lowest BCUT2D eigenvalue weighted by Crippen LogP contribution is -2.48. The van der Waals surface area contributed by atoms with Crippen LogP contribution in [-0.4, -0.2) is 63.1 Å². The Kier molecular flexibility index (Phi) is 4.63. The Morgan fingerprint density at radius 1 is 1.31 bits per heavy atom. The largest absolute Gasteiger partial charge is 0.435 e. The fraction of sp³-hybridized carbons (Fsp3) is 0.600. The van der Waals surface area contributed by atoms with Crippen LogP contribution in [0, 0.1) is 0 Å². The van der Waals surface area contributed by atoms with E-state index in [4.69, 9.17) is 0 Å². The molecule has 1 N–H and O–H groups in total. The molecule has 0 unspecified atom stereocenters. The van der Waals surface area contributed by atoms with E-state index < -0.39 is 23.8 Å². The molecule has 11 heteroatoms. The van der Waals surface area contributed by atoms with Gasteiger partial charge in [0.25, 0.3) is 0 Å². The number of carbonyl (C=O) groups is 3. The first kappa shape index (κ1) is 18.2. The van der Waals surface area contributed by atoms with Gasteiger partial charge in [0.2, 0.25) is 11.8 Å². The summed E-state index contributed by atoms with van der Waals surface area (Å²) in [6.07, 6.45) is -2.83. The molecule has 1 aromatic heterocycles. The maximum Gasteiger partial charge on any atom is 0.435 e. The zero-order valence-corrected chi connectivity index (χ0v) is 14.0. The van der Waals surface area contributed by atoms with Crippen molar-refractivity contribution in [3.8, 4) is 0 Å². The Balaban J connectivity index is 1.60. The summed E-state index contributed by atoms with van der Waals surface area (Å²) >= 11 is 0. The third kappa shape index (κ3) is 3.65. The van der Waals surface area contributed by atoms with Crippen LogP contribution in [0.1, 0.15) is 24.1 Å². The molecule has 1 aromatic rings. The molecule has 3 heterocycles. The number of aryl methyl sites for hydroxylation is 1.